The van der Waals surface area contributed by atoms with Crippen LogP contribution in [0.3, 0.4) is 0 Å². The molecular weight excluding hydrogens is 504 g/mol. The number of benzene rings is 1. The third-order valence-electron chi connectivity index (χ3n) is 6.72. The average Bonchev–Trinajstić information content (AvgIpc) is 2.97. The van der Waals surface area contributed by atoms with Gasteiger partial charge in [-0.15, -0.1) is 0 Å². The van der Waals surface area contributed by atoms with Crippen molar-refractivity contribution >= 4 is 33.4 Å². The first kappa shape index (κ1) is 22.5. The predicted molar refractivity (Wildman–Crippen MR) is 131 cm³/mol. The summed E-state index contributed by atoms with van der Waals surface area (Å²) in [5.41, 5.74) is 4.96. The van der Waals surface area contributed by atoms with Crippen molar-refractivity contribution in [3.05, 3.63) is 97.6 Å². The molecule has 0 unspecified atom stereocenters. The van der Waals surface area contributed by atoms with Crippen LogP contribution in [0.1, 0.15) is 34.0 Å². The van der Waals surface area contributed by atoms with E-state index in [1.165, 1.54) is 0 Å². The van der Waals surface area contributed by atoms with Gasteiger partial charge in [0.25, 0.3) is 0 Å². The van der Waals surface area contributed by atoms with Crippen LogP contribution in [0.15, 0.2) is 59.5 Å². The topological polar surface area (TPSA) is 69.2 Å². The third-order valence-corrected chi connectivity index (χ3v) is 7.38. The van der Waals surface area contributed by atoms with E-state index in [9.17, 15) is 10.0 Å². The van der Waals surface area contributed by atoms with Gasteiger partial charge in [0.05, 0.1) is 32.6 Å². The summed E-state index contributed by atoms with van der Waals surface area (Å²) in [4.78, 5) is 23.4. The molecule has 33 heavy (non-hydrogen) atoms. The van der Waals surface area contributed by atoms with Crippen molar-refractivity contribution in [1.29, 1.82) is 0 Å². The van der Waals surface area contributed by atoms with E-state index in [-0.39, 0.29) is 5.91 Å². The van der Waals surface area contributed by atoms with Gasteiger partial charge in [-0.25, -0.2) is 0 Å². The second-order valence-corrected chi connectivity index (χ2v) is 10.1. The maximum Gasteiger partial charge on any atom is 0.227 e. The van der Waals surface area contributed by atoms with Gasteiger partial charge in [0.2, 0.25) is 5.91 Å². The number of nitrogens with zero attached hydrogens (tertiary/aromatic N) is 4. The van der Waals surface area contributed by atoms with Gasteiger partial charge in [0.1, 0.15) is 5.69 Å². The minimum Gasteiger partial charge on any atom is -0.632 e. The summed E-state index contributed by atoms with van der Waals surface area (Å²) in [6.45, 7) is 1.51. The SMILES string of the molecule is O=C(Cc1ccncc1)N1CC[N+]([O-])([C@H]2c3ccc(Cl)cc3CCc3cc(Br)cnc32)CC1. The monoisotopic (exact) mass is 526 g/mol. The van der Waals surface area contributed by atoms with Crippen LogP contribution in [-0.2, 0) is 24.1 Å². The molecule has 0 bridgehead atoms. The molecule has 8 heteroatoms. The first-order valence-electron chi connectivity index (χ1n) is 11.1. The second kappa shape index (κ2) is 9.14. The Bertz CT molecular complexity index is 1130. The van der Waals surface area contributed by atoms with E-state index in [2.05, 4.69) is 27.0 Å². The molecule has 170 valence electrons. The molecule has 0 spiro atoms. The standard InChI is InChI=1S/C25H24BrClN4O2/c26-20-14-19-2-1-18-15-21(27)3-4-22(18)25(24(19)29-16-20)31(33)11-9-30(10-12-31)23(32)13-17-5-7-28-8-6-17/h3-8,14-16,25H,1-2,9-13H2/t25-/m0/s1. The number of pyridine rings is 2. The van der Waals surface area contributed by atoms with Crippen molar-refractivity contribution in [3.63, 3.8) is 0 Å². The quantitative estimate of drug-likeness (QED) is 0.372. The number of aryl methyl sites for hydroxylation is 2. The van der Waals surface area contributed by atoms with E-state index in [0.29, 0.717) is 37.6 Å². The summed E-state index contributed by atoms with van der Waals surface area (Å²) in [5.74, 6) is 0.0444. The fourth-order valence-corrected chi connectivity index (χ4v) is 5.56. The Kier molecular flexibility index (Phi) is 6.22. The Morgan fingerprint density at radius 1 is 1.12 bits per heavy atom. The van der Waals surface area contributed by atoms with Gasteiger partial charge < -0.3 is 14.8 Å². The Labute approximate surface area is 206 Å². The minimum absolute atomic E-state index is 0.0444. The zero-order valence-electron chi connectivity index (χ0n) is 18.1. The highest BCUT2D eigenvalue weighted by molar-refractivity contribution is 9.10. The first-order chi connectivity index (χ1) is 15.9. The number of hydroxylamine groups is 3. The Hall–Kier alpha value is -2.32. The first-order valence-corrected chi connectivity index (χ1v) is 12.3. The van der Waals surface area contributed by atoms with Crippen LogP contribution in [0.25, 0.3) is 0 Å². The van der Waals surface area contributed by atoms with Gasteiger partial charge in [-0.1, -0.05) is 17.7 Å². The zero-order valence-corrected chi connectivity index (χ0v) is 20.4. The van der Waals surface area contributed by atoms with Crippen LogP contribution in [-0.4, -0.2) is 51.6 Å². The number of carbonyl (C=O) groups is 1. The number of hydrogen-bond donors (Lipinski definition) is 0. The van der Waals surface area contributed by atoms with Gasteiger partial charge in [-0.2, -0.15) is 0 Å². The number of aromatic nitrogens is 2. The van der Waals surface area contributed by atoms with Crippen molar-refractivity contribution < 1.29 is 9.44 Å². The molecule has 1 amide bonds. The molecular formula is C25H24BrClN4O2. The lowest BCUT2D eigenvalue weighted by atomic mass is 9.95. The lowest BCUT2D eigenvalue weighted by Gasteiger charge is -2.53. The van der Waals surface area contributed by atoms with Crippen LogP contribution >= 0.6 is 27.5 Å². The largest absolute Gasteiger partial charge is 0.632 e. The Morgan fingerprint density at radius 3 is 2.61 bits per heavy atom. The van der Waals surface area contributed by atoms with E-state index in [1.807, 2.05) is 35.2 Å². The lowest BCUT2D eigenvalue weighted by Crippen LogP contribution is -2.59. The van der Waals surface area contributed by atoms with Crippen molar-refractivity contribution in [1.82, 2.24) is 14.9 Å². The molecule has 1 fully saturated rings. The van der Waals surface area contributed by atoms with Crippen molar-refractivity contribution in [2.24, 2.45) is 0 Å². The molecule has 2 aliphatic rings. The molecule has 0 N–H and O–H groups in total. The molecule has 1 saturated heterocycles. The molecule has 1 aliphatic heterocycles. The fourth-order valence-electron chi connectivity index (χ4n) is 4.99. The molecule has 3 heterocycles. The molecule has 6 nitrogen and oxygen atoms in total. The average molecular weight is 528 g/mol. The number of amides is 1. The highest BCUT2D eigenvalue weighted by atomic mass is 79.9. The van der Waals surface area contributed by atoms with Gasteiger partial charge in [0.15, 0.2) is 6.04 Å². The number of quaternary nitrogens is 1. The third kappa shape index (κ3) is 4.55. The van der Waals surface area contributed by atoms with Crippen LogP contribution in [0.2, 0.25) is 5.02 Å². The van der Waals surface area contributed by atoms with E-state index >= 15 is 0 Å². The predicted octanol–water partition coefficient (Wildman–Crippen LogP) is 4.48. The van der Waals surface area contributed by atoms with E-state index in [1.54, 1.807) is 18.6 Å². The smallest absolute Gasteiger partial charge is 0.227 e. The second-order valence-electron chi connectivity index (χ2n) is 8.76. The van der Waals surface area contributed by atoms with E-state index in [4.69, 9.17) is 16.6 Å². The van der Waals surface area contributed by atoms with Crippen molar-refractivity contribution in [2.45, 2.75) is 25.3 Å². The molecule has 1 aromatic carbocycles. The number of halogens is 2. The molecule has 0 saturated carbocycles. The summed E-state index contributed by atoms with van der Waals surface area (Å²) in [5, 5.41) is 15.0. The fraction of sp³-hybridized carbons (Fsp3) is 0.320. The summed E-state index contributed by atoms with van der Waals surface area (Å²) in [6, 6.07) is 11.2. The number of carbonyl (C=O) groups excluding carboxylic acids is 1. The molecule has 1 aliphatic carbocycles. The number of fused-ring (bicyclic) bond motifs is 2. The van der Waals surface area contributed by atoms with Crippen LogP contribution in [0, 0.1) is 5.21 Å². The number of hydrogen-bond acceptors (Lipinski definition) is 4. The summed E-state index contributed by atoms with van der Waals surface area (Å²) in [6.07, 6.45) is 7.10. The minimum atomic E-state index is -0.430. The summed E-state index contributed by atoms with van der Waals surface area (Å²) >= 11 is 9.83. The highest BCUT2D eigenvalue weighted by Crippen LogP contribution is 2.41. The zero-order chi connectivity index (χ0) is 23.0. The number of rotatable bonds is 3. The summed E-state index contributed by atoms with van der Waals surface area (Å²) in [7, 11) is 0. The molecule has 3 aromatic rings. The van der Waals surface area contributed by atoms with Crippen LogP contribution in [0.4, 0.5) is 0 Å². The maximum absolute atomic E-state index is 14.4. The molecule has 0 radical (unpaired) electrons. The number of piperazine rings is 1. The lowest BCUT2D eigenvalue weighted by molar-refractivity contribution is -0.909. The van der Waals surface area contributed by atoms with Crippen LogP contribution < -0.4 is 0 Å². The summed E-state index contributed by atoms with van der Waals surface area (Å²) < 4.78 is 0.489. The highest BCUT2D eigenvalue weighted by Gasteiger charge is 2.40. The molecule has 5 rings (SSSR count). The van der Waals surface area contributed by atoms with Gasteiger partial charge in [0, 0.05) is 33.6 Å². The van der Waals surface area contributed by atoms with Crippen molar-refractivity contribution in [2.75, 3.05) is 26.2 Å². The molecule has 2 aromatic heterocycles. The van der Waals surface area contributed by atoms with Gasteiger partial charge in [-0.05, 0) is 75.8 Å². The Morgan fingerprint density at radius 2 is 1.85 bits per heavy atom. The maximum atomic E-state index is 14.4. The van der Waals surface area contributed by atoms with E-state index in [0.717, 1.165) is 45.3 Å². The van der Waals surface area contributed by atoms with Crippen LogP contribution in [0.5, 0.6) is 0 Å². The Balaban J connectivity index is 1.43. The van der Waals surface area contributed by atoms with E-state index < -0.39 is 10.7 Å². The van der Waals surface area contributed by atoms with Gasteiger partial charge in [-0.3, -0.25) is 14.8 Å². The normalized spacial score (nSPS) is 19.4. The molecule has 1 atom stereocenters. The van der Waals surface area contributed by atoms with Gasteiger partial charge >= 0.3 is 0 Å². The van der Waals surface area contributed by atoms with Crippen molar-refractivity contribution in [3.8, 4) is 0 Å².